The van der Waals surface area contributed by atoms with Gasteiger partial charge in [-0.2, -0.15) is 0 Å². The number of carbonyl (C=O) groups is 2. The number of nitrogens with zero attached hydrogens (tertiary/aromatic N) is 4. The summed E-state index contributed by atoms with van der Waals surface area (Å²) < 4.78 is 3.76. The molecule has 19 heavy (non-hydrogen) atoms. The standard InChI is InChI=1S/C10H16N6O2S/c1-6(2)16-4-3-15(9(17)10(16)18)5-7-8(12-11)19-14-13-7/h6,12H,3-5,11H2,1-2H3. The summed E-state index contributed by atoms with van der Waals surface area (Å²) in [6.45, 7) is 5.05. The zero-order chi connectivity index (χ0) is 14.0. The number of anilines is 1. The van der Waals surface area contributed by atoms with Crippen molar-refractivity contribution in [3.63, 3.8) is 0 Å². The van der Waals surface area contributed by atoms with Gasteiger partial charge >= 0.3 is 11.8 Å². The van der Waals surface area contributed by atoms with Crippen LogP contribution in [0.3, 0.4) is 0 Å². The Morgan fingerprint density at radius 1 is 1.37 bits per heavy atom. The van der Waals surface area contributed by atoms with E-state index < -0.39 is 11.8 Å². The van der Waals surface area contributed by atoms with E-state index in [1.165, 1.54) is 4.90 Å². The number of piperazine rings is 1. The van der Waals surface area contributed by atoms with Crippen molar-refractivity contribution in [1.29, 1.82) is 0 Å². The zero-order valence-electron chi connectivity index (χ0n) is 10.8. The quantitative estimate of drug-likeness (QED) is 0.435. The Hall–Kier alpha value is -1.74. The molecule has 2 amide bonds. The number of hydrogen-bond acceptors (Lipinski definition) is 7. The molecular formula is C10H16N6O2S. The summed E-state index contributed by atoms with van der Waals surface area (Å²) in [6.07, 6.45) is 0. The van der Waals surface area contributed by atoms with Crippen LogP contribution in [0.5, 0.6) is 0 Å². The zero-order valence-corrected chi connectivity index (χ0v) is 11.6. The molecule has 104 valence electrons. The number of carbonyl (C=O) groups excluding carboxylic acids is 2. The van der Waals surface area contributed by atoms with E-state index in [-0.39, 0.29) is 12.6 Å². The van der Waals surface area contributed by atoms with Crippen LogP contribution in [0.15, 0.2) is 0 Å². The number of nitrogens with two attached hydrogens (primary N) is 1. The maximum absolute atomic E-state index is 12.0. The first kappa shape index (κ1) is 13.7. The maximum atomic E-state index is 12.0. The first-order chi connectivity index (χ1) is 9.04. The molecule has 2 heterocycles. The van der Waals surface area contributed by atoms with Crippen LogP contribution in [-0.4, -0.2) is 50.3 Å². The Balaban J connectivity index is 2.08. The third-order valence-electron chi connectivity index (χ3n) is 2.99. The van der Waals surface area contributed by atoms with Gasteiger partial charge in [0.05, 0.1) is 6.54 Å². The highest BCUT2D eigenvalue weighted by molar-refractivity contribution is 7.10. The number of aromatic nitrogens is 2. The van der Waals surface area contributed by atoms with Gasteiger partial charge in [0.1, 0.15) is 10.7 Å². The Kier molecular flexibility index (Phi) is 3.96. The van der Waals surface area contributed by atoms with Gasteiger partial charge in [0.15, 0.2) is 0 Å². The van der Waals surface area contributed by atoms with Gasteiger partial charge in [0, 0.05) is 30.7 Å². The SMILES string of the molecule is CC(C)N1CCN(Cc2nnsc2NN)C(=O)C1=O. The summed E-state index contributed by atoms with van der Waals surface area (Å²) in [4.78, 5) is 27.0. The summed E-state index contributed by atoms with van der Waals surface area (Å²) in [6, 6.07) is 0.0285. The van der Waals surface area contributed by atoms with Crippen LogP contribution in [0.2, 0.25) is 0 Å². The average Bonchev–Trinajstić information content (AvgIpc) is 2.82. The molecule has 0 radical (unpaired) electrons. The van der Waals surface area contributed by atoms with E-state index in [2.05, 4.69) is 15.0 Å². The van der Waals surface area contributed by atoms with Crippen LogP contribution in [0.25, 0.3) is 0 Å². The average molecular weight is 284 g/mol. The lowest BCUT2D eigenvalue weighted by Gasteiger charge is -2.35. The minimum absolute atomic E-state index is 0.0285. The van der Waals surface area contributed by atoms with Crippen molar-refractivity contribution >= 4 is 28.3 Å². The van der Waals surface area contributed by atoms with Gasteiger partial charge in [0.25, 0.3) is 0 Å². The molecule has 1 fully saturated rings. The van der Waals surface area contributed by atoms with Crippen LogP contribution >= 0.6 is 11.5 Å². The molecule has 0 atom stereocenters. The van der Waals surface area contributed by atoms with E-state index in [4.69, 9.17) is 5.84 Å². The molecule has 9 heteroatoms. The first-order valence-corrected chi connectivity index (χ1v) is 6.69. The van der Waals surface area contributed by atoms with Crippen LogP contribution in [0.1, 0.15) is 19.5 Å². The molecule has 0 aliphatic carbocycles. The van der Waals surface area contributed by atoms with Gasteiger partial charge in [-0.15, -0.1) is 5.10 Å². The second kappa shape index (κ2) is 5.49. The Morgan fingerprint density at radius 3 is 2.74 bits per heavy atom. The van der Waals surface area contributed by atoms with Crippen LogP contribution in [0.4, 0.5) is 5.00 Å². The fourth-order valence-corrected chi connectivity index (χ4v) is 2.42. The van der Waals surface area contributed by atoms with Crippen molar-refractivity contribution in [3.05, 3.63) is 5.69 Å². The number of nitrogen functional groups attached to an aromatic ring is 1. The largest absolute Gasteiger partial charge is 0.330 e. The van der Waals surface area contributed by atoms with Crippen LogP contribution < -0.4 is 11.3 Å². The monoisotopic (exact) mass is 284 g/mol. The lowest BCUT2D eigenvalue weighted by atomic mass is 10.2. The number of rotatable bonds is 4. The smallest absolute Gasteiger partial charge is 0.312 e. The molecule has 0 bridgehead atoms. The van der Waals surface area contributed by atoms with Gasteiger partial charge in [0.2, 0.25) is 0 Å². The number of hydrogen-bond donors (Lipinski definition) is 2. The van der Waals surface area contributed by atoms with E-state index in [1.54, 1.807) is 4.90 Å². The van der Waals surface area contributed by atoms with Gasteiger partial charge in [-0.25, -0.2) is 5.84 Å². The molecule has 1 aliphatic rings. The van der Waals surface area contributed by atoms with E-state index in [0.29, 0.717) is 23.8 Å². The third kappa shape index (κ3) is 2.66. The van der Waals surface area contributed by atoms with Gasteiger partial charge in [-0.1, -0.05) is 4.49 Å². The summed E-state index contributed by atoms with van der Waals surface area (Å²) in [5.41, 5.74) is 3.05. The van der Waals surface area contributed by atoms with Gasteiger partial charge in [-0.3, -0.25) is 9.59 Å². The molecule has 3 N–H and O–H groups in total. The minimum atomic E-state index is -0.504. The molecular weight excluding hydrogens is 268 g/mol. The molecule has 1 aromatic heterocycles. The van der Waals surface area contributed by atoms with E-state index in [0.717, 1.165) is 11.5 Å². The second-order valence-corrected chi connectivity index (χ2v) is 5.27. The molecule has 1 aliphatic heterocycles. The molecule has 0 spiro atoms. The topological polar surface area (TPSA) is 104 Å². The molecule has 1 saturated heterocycles. The van der Waals surface area contributed by atoms with Crippen molar-refractivity contribution in [3.8, 4) is 0 Å². The van der Waals surface area contributed by atoms with Crippen LogP contribution in [-0.2, 0) is 16.1 Å². The van der Waals surface area contributed by atoms with Crippen molar-refractivity contribution in [2.75, 3.05) is 18.5 Å². The fourth-order valence-electron chi connectivity index (χ4n) is 1.94. The molecule has 0 aromatic carbocycles. The van der Waals surface area contributed by atoms with Crippen molar-refractivity contribution in [2.24, 2.45) is 5.84 Å². The predicted octanol–water partition coefficient (Wildman–Crippen LogP) is -0.597. The number of nitrogens with one attached hydrogen (secondary N) is 1. The van der Waals surface area contributed by atoms with Gasteiger partial charge in [-0.05, 0) is 13.8 Å². The Morgan fingerprint density at radius 2 is 2.11 bits per heavy atom. The van der Waals surface area contributed by atoms with Crippen LogP contribution in [0, 0.1) is 0 Å². The molecule has 0 saturated carbocycles. The van der Waals surface area contributed by atoms with Crippen molar-refractivity contribution in [1.82, 2.24) is 19.4 Å². The molecule has 8 nitrogen and oxygen atoms in total. The predicted molar refractivity (Wildman–Crippen MR) is 70.0 cm³/mol. The highest BCUT2D eigenvalue weighted by Gasteiger charge is 2.34. The third-order valence-corrected chi connectivity index (χ3v) is 3.69. The summed E-state index contributed by atoms with van der Waals surface area (Å²) in [5, 5.41) is 4.51. The maximum Gasteiger partial charge on any atom is 0.312 e. The lowest BCUT2D eigenvalue weighted by molar-refractivity contribution is -0.157. The van der Waals surface area contributed by atoms with Crippen molar-refractivity contribution < 1.29 is 9.59 Å². The summed E-state index contributed by atoms with van der Waals surface area (Å²) in [7, 11) is 0. The number of hydrazine groups is 1. The highest BCUT2D eigenvalue weighted by atomic mass is 32.1. The van der Waals surface area contributed by atoms with Crippen molar-refractivity contribution in [2.45, 2.75) is 26.4 Å². The minimum Gasteiger partial charge on any atom is -0.330 e. The number of amides is 2. The van der Waals surface area contributed by atoms with E-state index in [9.17, 15) is 9.59 Å². The first-order valence-electron chi connectivity index (χ1n) is 5.92. The molecule has 0 unspecified atom stereocenters. The summed E-state index contributed by atoms with van der Waals surface area (Å²) >= 11 is 1.12. The Bertz CT molecular complexity index is 488. The van der Waals surface area contributed by atoms with E-state index in [1.807, 2.05) is 13.8 Å². The Labute approximate surface area is 114 Å². The normalized spacial score (nSPS) is 16.4. The van der Waals surface area contributed by atoms with Gasteiger partial charge < -0.3 is 15.2 Å². The molecule has 1 aromatic rings. The van der Waals surface area contributed by atoms with E-state index >= 15 is 0 Å². The highest BCUT2D eigenvalue weighted by Crippen LogP contribution is 2.19. The second-order valence-electron chi connectivity index (χ2n) is 4.51. The lowest BCUT2D eigenvalue weighted by Crippen LogP contribution is -2.55. The molecule has 2 rings (SSSR count). The summed E-state index contributed by atoms with van der Waals surface area (Å²) in [5.74, 6) is 4.36. The fraction of sp³-hybridized carbons (Fsp3) is 0.600.